The number of carbonyl (C=O) groups excluding carboxylic acids is 1. The van der Waals surface area contributed by atoms with Gasteiger partial charge in [0.1, 0.15) is 5.78 Å². The van der Waals surface area contributed by atoms with Crippen LogP contribution in [0.25, 0.3) is 0 Å². The van der Waals surface area contributed by atoms with E-state index in [2.05, 4.69) is 19.9 Å². The fraction of sp³-hybridized carbons (Fsp3) is 0.800. The molecule has 4 aliphatic carbocycles. The highest BCUT2D eigenvalue weighted by Gasteiger charge is 2.60. The van der Waals surface area contributed by atoms with Crippen LogP contribution in [-0.2, 0) is 9.59 Å². The van der Waals surface area contributed by atoms with Gasteiger partial charge in [-0.05, 0) is 61.7 Å². The summed E-state index contributed by atoms with van der Waals surface area (Å²) >= 11 is 0. The number of rotatable bonds is 1. The van der Waals surface area contributed by atoms with Gasteiger partial charge in [-0.1, -0.05) is 25.5 Å². The third kappa shape index (κ3) is 1.95. The molecule has 0 aromatic rings. The van der Waals surface area contributed by atoms with Crippen LogP contribution in [-0.4, -0.2) is 27.6 Å². The maximum atomic E-state index is 12.4. The molecule has 0 aromatic carbocycles. The third-order valence-corrected chi connectivity index (χ3v) is 8.27. The summed E-state index contributed by atoms with van der Waals surface area (Å²) in [5.74, 6) is 0.915. The van der Waals surface area contributed by atoms with Crippen LogP contribution in [0.2, 0.25) is 0 Å². The first-order chi connectivity index (χ1) is 11.2. The number of hydrogen-bond donors (Lipinski definition) is 2. The minimum Gasteiger partial charge on any atom is -0.479 e. The Morgan fingerprint density at radius 2 is 1.83 bits per heavy atom. The molecule has 0 bridgehead atoms. The third-order valence-electron chi connectivity index (χ3n) is 8.27. The van der Waals surface area contributed by atoms with Crippen LogP contribution in [0.3, 0.4) is 0 Å². The number of carbonyl (C=O) groups is 2. The summed E-state index contributed by atoms with van der Waals surface area (Å²) in [4.78, 5) is 23.9. The van der Waals surface area contributed by atoms with E-state index in [9.17, 15) is 19.8 Å². The van der Waals surface area contributed by atoms with Crippen molar-refractivity contribution in [2.24, 2.45) is 28.6 Å². The highest BCUT2D eigenvalue weighted by Crippen LogP contribution is 2.64. The lowest BCUT2D eigenvalue weighted by atomic mass is 9.47. The molecule has 4 heteroatoms. The molecule has 0 spiro atoms. The van der Waals surface area contributed by atoms with E-state index in [1.165, 1.54) is 0 Å². The highest BCUT2D eigenvalue weighted by molar-refractivity contribution is 5.87. The Balaban J connectivity index is 1.67. The molecule has 4 aliphatic rings. The molecule has 4 rings (SSSR count). The molecule has 2 N–H and O–H groups in total. The minimum atomic E-state index is -1.59. The van der Waals surface area contributed by atoms with Crippen LogP contribution >= 0.6 is 0 Å². The Bertz CT molecular complexity index is 638. The summed E-state index contributed by atoms with van der Waals surface area (Å²) in [6, 6.07) is 0. The second-order valence-corrected chi connectivity index (χ2v) is 9.19. The Labute approximate surface area is 143 Å². The summed E-state index contributed by atoms with van der Waals surface area (Å²) in [5, 5.41) is 19.8. The van der Waals surface area contributed by atoms with Crippen molar-refractivity contribution in [3.63, 3.8) is 0 Å². The van der Waals surface area contributed by atoms with Gasteiger partial charge in [0.05, 0.1) is 0 Å². The van der Waals surface area contributed by atoms with Gasteiger partial charge in [-0.3, -0.25) is 4.79 Å². The molecule has 24 heavy (non-hydrogen) atoms. The van der Waals surface area contributed by atoms with Gasteiger partial charge in [0.15, 0.2) is 5.60 Å². The first-order valence-corrected chi connectivity index (χ1v) is 9.39. The van der Waals surface area contributed by atoms with Crippen LogP contribution in [0.5, 0.6) is 0 Å². The first-order valence-electron chi connectivity index (χ1n) is 9.39. The number of carboxylic acid groups (broad SMARTS) is 1. The molecular weight excluding hydrogens is 304 g/mol. The molecular formula is C20H28O4. The monoisotopic (exact) mass is 332 g/mol. The van der Waals surface area contributed by atoms with E-state index < -0.39 is 11.6 Å². The average Bonchev–Trinajstić information content (AvgIpc) is 2.84. The van der Waals surface area contributed by atoms with Crippen LogP contribution in [0.15, 0.2) is 11.6 Å². The number of carboxylic acids is 1. The fourth-order valence-electron chi connectivity index (χ4n) is 6.60. The summed E-state index contributed by atoms with van der Waals surface area (Å²) in [6.07, 6.45) is 8.28. The summed E-state index contributed by atoms with van der Waals surface area (Å²) in [5.41, 5.74) is -0.575. The van der Waals surface area contributed by atoms with E-state index >= 15 is 0 Å². The van der Waals surface area contributed by atoms with E-state index in [-0.39, 0.29) is 17.3 Å². The first kappa shape index (κ1) is 16.3. The second-order valence-electron chi connectivity index (χ2n) is 9.19. The van der Waals surface area contributed by atoms with E-state index in [0.717, 1.165) is 44.1 Å². The predicted molar refractivity (Wildman–Crippen MR) is 89.3 cm³/mol. The van der Waals surface area contributed by atoms with Gasteiger partial charge in [-0.25, -0.2) is 4.79 Å². The topological polar surface area (TPSA) is 74.6 Å². The molecule has 0 saturated heterocycles. The number of hydrogen-bond acceptors (Lipinski definition) is 3. The Kier molecular flexibility index (Phi) is 3.36. The zero-order valence-corrected chi connectivity index (χ0v) is 14.7. The van der Waals surface area contributed by atoms with Gasteiger partial charge in [0.2, 0.25) is 0 Å². The van der Waals surface area contributed by atoms with E-state index in [1.807, 2.05) is 0 Å². The van der Waals surface area contributed by atoms with E-state index in [0.29, 0.717) is 30.0 Å². The minimum absolute atomic E-state index is 0.00242. The molecule has 3 saturated carbocycles. The SMILES string of the molecule is C[C@]12CC[C@](O)(C(=O)O)CC1=CC[C@@H]1[C@@H]2CC[C@]2(C)C(=O)CC[C@@H]12. The zero-order valence-electron chi connectivity index (χ0n) is 14.7. The molecule has 0 radical (unpaired) electrons. The van der Waals surface area contributed by atoms with Crippen molar-refractivity contribution in [2.75, 3.05) is 0 Å². The molecule has 0 aromatic heterocycles. The molecule has 0 amide bonds. The van der Waals surface area contributed by atoms with Crippen molar-refractivity contribution in [3.8, 4) is 0 Å². The van der Waals surface area contributed by atoms with Gasteiger partial charge in [-0.2, -0.15) is 0 Å². The molecule has 6 atom stereocenters. The molecule has 3 fully saturated rings. The number of ketones is 1. The van der Waals surface area contributed by atoms with Crippen molar-refractivity contribution in [1.29, 1.82) is 0 Å². The molecule has 132 valence electrons. The summed E-state index contributed by atoms with van der Waals surface area (Å²) in [6.45, 7) is 4.45. The lowest BCUT2D eigenvalue weighted by Crippen LogP contribution is -2.53. The van der Waals surface area contributed by atoms with E-state index in [4.69, 9.17) is 0 Å². The van der Waals surface area contributed by atoms with Gasteiger partial charge < -0.3 is 10.2 Å². The zero-order chi connectivity index (χ0) is 17.3. The van der Waals surface area contributed by atoms with Gasteiger partial charge in [-0.15, -0.1) is 0 Å². The normalized spacial score (nSPS) is 50.5. The van der Waals surface area contributed by atoms with Crippen molar-refractivity contribution >= 4 is 11.8 Å². The Hall–Kier alpha value is -1.16. The van der Waals surface area contributed by atoms with Gasteiger partial charge in [0, 0.05) is 18.3 Å². The number of aliphatic hydroxyl groups is 1. The van der Waals surface area contributed by atoms with Crippen LogP contribution < -0.4 is 0 Å². The average molecular weight is 332 g/mol. The van der Waals surface area contributed by atoms with Gasteiger partial charge in [0.25, 0.3) is 0 Å². The smallest absolute Gasteiger partial charge is 0.336 e. The predicted octanol–water partition coefficient (Wildman–Crippen LogP) is 3.33. The van der Waals surface area contributed by atoms with Crippen LogP contribution in [0.4, 0.5) is 0 Å². The lowest BCUT2D eigenvalue weighted by molar-refractivity contribution is -0.163. The number of allylic oxidation sites excluding steroid dienone is 1. The van der Waals surface area contributed by atoms with Crippen LogP contribution in [0.1, 0.15) is 65.2 Å². The van der Waals surface area contributed by atoms with Crippen molar-refractivity contribution in [3.05, 3.63) is 11.6 Å². The fourth-order valence-corrected chi connectivity index (χ4v) is 6.60. The molecule has 4 nitrogen and oxygen atoms in total. The molecule has 0 unspecified atom stereocenters. The van der Waals surface area contributed by atoms with Crippen molar-refractivity contribution in [2.45, 2.75) is 70.8 Å². The second kappa shape index (κ2) is 4.94. The van der Waals surface area contributed by atoms with Crippen LogP contribution in [0, 0.1) is 28.6 Å². The largest absolute Gasteiger partial charge is 0.479 e. The number of Topliss-reactive ketones (excluding diaryl/α,β-unsaturated/α-hetero) is 1. The van der Waals surface area contributed by atoms with E-state index in [1.54, 1.807) is 0 Å². The Morgan fingerprint density at radius 1 is 1.12 bits per heavy atom. The van der Waals surface area contributed by atoms with Gasteiger partial charge >= 0.3 is 5.97 Å². The maximum absolute atomic E-state index is 12.4. The Morgan fingerprint density at radius 3 is 2.54 bits per heavy atom. The molecule has 0 aliphatic heterocycles. The quantitative estimate of drug-likeness (QED) is 0.722. The standard InChI is InChI=1S/C20H28O4/c1-18-9-10-20(24,17(22)23)11-12(18)3-4-13-14-5-6-16(21)19(14,2)8-7-15(13)18/h3,13-15,24H,4-11H2,1-2H3,(H,22,23)/t13-,14-,15-,18-,19-,20+/m0/s1. The maximum Gasteiger partial charge on any atom is 0.336 e. The van der Waals surface area contributed by atoms with Crippen molar-refractivity contribution in [1.82, 2.24) is 0 Å². The highest BCUT2D eigenvalue weighted by atomic mass is 16.4. The number of fused-ring (bicyclic) bond motifs is 5. The summed E-state index contributed by atoms with van der Waals surface area (Å²) < 4.78 is 0. The summed E-state index contributed by atoms with van der Waals surface area (Å²) in [7, 11) is 0. The molecule has 0 heterocycles. The number of aliphatic carboxylic acids is 1. The van der Waals surface area contributed by atoms with Crippen molar-refractivity contribution < 1.29 is 19.8 Å². The lowest BCUT2D eigenvalue weighted by Gasteiger charge is -2.57.